The van der Waals surface area contributed by atoms with E-state index >= 15 is 0 Å². The lowest BCUT2D eigenvalue weighted by atomic mass is 10.4. The monoisotopic (exact) mass is 232 g/mol. The molecule has 0 amide bonds. The number of hydrogen-bond acceptors (Lipinski definition) is 5. The average molecular weight is 232 g/mol. The van der Waals surface area contributed by atoms with Gasteiger partial charge < -0.3 is 10.5 Å². The zero-order valence-corrected chi connectivity index (χ0v) is 9.54. The Morgan fingerprint density at radius 1 is 1.41 bits per heavy atom. The first kappa shape index (κ1) is 11.1. The van der Waals surface area contributed by atoms with E-state index in [0.29, 0.717) is 5.82 Å². The Balaban J connectivity index is 2.57. The summed E-state index contributed by atoms with van der Waals surface area (Å²) in [6.07, 6.45) is 3.29. The Labute approximate surface area is 98.1 Å². The Hall–Kier alpha value is -2.37. The van der Waals surface area contributed by atoms with Crippen LogP contribution < -0.4 is 5.73 Å². The molecule has 0 bridgehead atoms. The van der Waals surface area contributed by atoms with Gasteiger partial charge in [-0.2, -0.15) is 0 Å². The zero-order valence-electron chi connectivity index (χ0n) is 9.54. The number of nitrogens with two attached hydrogens (primary N) is 1. The predicted molar refractivity (Wildman–Crippen MR) is 61.8 cm³/mol. The molecular weight excluding hydrogens is 220 g/mol. The molecule has 0 aliphatic carbocycles. The summed E-state index contributed by atoms with van der Waals surface area (Å²) in [5.74, 6) is 0.341. The SMILES string of the molecule is COC(=O)c1nc(C)n(-c2ccncc2)c1N. The molecule has 17 heavy (non-hydrogen) atoms. The third-order valence-corrected chi connectivity index (χ3v) is 2.38. The summed E-state index contributed by atoms with van der Waals surface area (Å²) in [6.45, 7) is 1.77. The topological polar surface area (TPSA) is 83.0 Å². The van der Waals surface area contributed by atoms with Gasteiger partial charge in [0.2, 0.25) is 0 Å². The number of imidazole rings is 1. The highest BCUT2D eigenvalue weighted by Crippen LogP contribution is 2.20. The van der Waals surface area contributed by atoms with E-state index in [9.17, 15) is 4.79 Å². The minimum Gasteiger partial charge on any atom is -0.464 e. The standard InChI is InChI=1S/C11H12N4O2/c1-7-14-9(11(16)17-2)10(12)15(7)8-3-5-13-6-4-8/h3-6H,12H2,1-2H3. The molecule has 0 unspecified atom stereocenters. The van der Waals surface area contributed by atoms with Crippen LogP contribution in [-0.4, -0.2) is 27.6 Å². The summed E-state index contributed by atoms with van der Waals surface area (Å²) in [5, 5.41) is 0. The second kappa shape index (κ2) is 4.25. The van der Waals surface area contributed by atoms with Crippen LogP contribution in [-0.2, 0) is 4.74 Å². The van der Waals surface area contributed by atoms with Crippen molar-refractivity contribution in [2.45, 2.75) is 6.92 Å². The molecule has 0 atom stereocenters. The van der Waals surface area contributed by atoms with Gasteiger partial charge in [0, 0.05) is 12.4 Å². The van der Waals surface area contributed by atoms with Gasteiger partial charge in [-0.3, -0.25) is 9.55 Å². The van der Waals surface area contributed by atoms with Gasteiger partial charge in [-0.25, -0.2) is 9.78 Å². The van der Waals surface area contributed by atoms with Crippen molar-refractivity contribution in [2.75, 3.05) is 12.8 Å². The van der Waals surface area contributed by atoms with Crippen LogP contribution in [0, 0.1) is 6.92 Å². The maximum absolute atomic E-state index is 11.4. The molecular formula is C11H12N4O2. The van der Waals surface area contributed by atoms with E-state index in [4.69, 9.17) is 5.73 Å². The Morgan fingerprint density at radius 3 is 2.65 bits per heavy atom. The van der Waals surface area contributed by atoms with E-state index in [1.165, 1.54) is 7.11 Å². The second-order valence-electron chi connectivity index (χ2n) is 3.43. The number of aryl methyl sites for hydroxylation is 1. The van der Waals surface area contributed by atoms with Gasteiger partial charge in [-0.05, 0) is 19.1 Å². The highest BCUT2D eigenvalue weighted by atomic mass is 16.5. The van der Waals surface area contributed by atoms with Crippen molar-refractivity contribution in [3.05, 3.63) is 36.0 Å². The van der Waals surface area contributed by atoms with Crippen LogP contribution in [0.1, 0.15) is 16.3 Å². The highest BCUT2D eigenvalue weighted by molar-refractivity contribution is 5.92. The van der Waals surface area contributed by atoms with Crippen molar-refractivity contribution in [3.8, 4) is 5.69 Å². The summed E-state index contributed by atoms with van der Waals surface area (Å²) in [5.41, 5.74) is 6.82. The molecule has 2 rings (SSSR count). The fraction of sp³-hybridized carbons (Fsp3) is 0.182. The number of ether oxygens (including phenoxy) is 1. The largest absolute Gasteiger partial charge is 0.464 e. The molecule has 2 aromatic rings. The molecule has 0 saturated heterocycles. The first-order valence-corrected chi connectivity index (χ1v) is 4.98. The van der Waals surface area contributed by atoms with Crippen LogP contribution >= 0.6 is 0 Å². The van der Waals surface area contributed by atoms with E-state index in [0.717, 1.165) is 5.69 Å². The van der Waals surface area contributed by atoms with Gasteiger partial charge in [0.05, 0.1) is 12.8 Å². The van der Waals surface area contributed by atoms with Gasteiger partial charge in [-0.15, -0.1) is 0 Å². The van der Waals surface area contributed by atoms with Crippen molar-refractivity contribution in [1.29, 1.82) is 0 Å². The maximum atomic E-state index is 11.4. The maximum Gasteiger partial charge on any atom is 0.360 e. The number of rotatable bonds is 2. The Kier molecular flexibility index (Phi) is 2.78. The summed E-state index contributed by atoms with van der Waals surface area (Å²) >= 11 is 0. The first-order valence-electron chi connectivity index (χ1n) is 4.98. The highest BCUT2D eigenvalue weighted by Gasteiger charge is 2.19. The van der Waals surface area contributed by atoms with Gasteiger partial charge in [0.1, 0.15) is 11.6 Å². The van der Waals surface area contributed by atoms with E-state index in [2.05, 4.69) is 14.7 Å². The third kappa shape index (κ3) is 1.84. The quantitative estimate of drug-likeness (QED) is 0.779. The molecule has 6 nitrogen and oxygen atoms in total. The van der Waals surface area contributed by atoms with E-state index < -0.39 is 5.97 Å². The summed E-state index contributed by atoms with van der Waals surface area (Å²) in [6, 6.07) is 3.57. The van der Waals surface area contributed by atoms with Crippen LogP contribution in [0.15, 0.2) is 24.5 Å². The molecule has 6 heteroatoms. The lowest BCUT2D eigenvalue weighted by Gasteiger charge is -2.06. The average Bonchev–Trinajstić information content (AvgIpc) is 2.65. The van der Waals surface area contributed by atoms with Gasteiger partial charge in [0.15, 0.2) is 5.69 Å². The number of esters is 1. The van der Waals surface area contributed by atoms with Crippen LogP contribution in [0.4, 0.5) is 5.82 Å². The fourth-order valence-corrected chi connectivity index (χ4v) is 1.62. The first-order chi connectivity index (χ1) is 8.15. The number of aromatic nitrogens is 3. The number of nitrogen functional groups attached to an aromatic ring is 1. The zero-order chi connectivity index (χ0) is 12.4. The van der Waals surface area contributed by atoms with E-state index in [-0.39, 0.29) is 11.5 Å². The lowest BCUT2D eigenvalue weighted by molar-refractivity contribution is 0.0596. The predicted octanol–water partition coefficient (Wildman–Crippen LogP) is 0.945. The number of methoxy groups -OCH3 is 1. The molecule has 2 N–H and O–H groups in total. The van der Waals surface area contributed by atoms with Gasteiger partial charge in [0.25, 0.3) is 0 Å². The molecule has 0 fully saturated rings. The number of carbonyl (C=O) groups is 1. The van der Waals surface area contributed by atoms with Crippen molar-refractivity contribution in [1.82, 2.24) is 14.5 Å². The number of carbonyl (C=O) groups excluding carboxylic acids is 1. The number of hydrogen-bond donors (Lipinski definition) is 1. The van der Waals surface area contributed by atoms with Crippen molar-refractivity contribution in [2.24, 2.45) is 0 Å². The number of pyridine rings is 1. The molecule has 0 spiro atoms. The van der Waals surface area contributed by atoms with Gasteiger partial charge in [-0.1, -0.05) is 0 Å². The normalized spacial score (nSPS) is 10.2. The Bertz CT molecular complexity index is 548. The molecule has 0 saturated carbocycles. The molecule has 0 radical (unpaired) electrons. The number of anilines is 1. The second-order valence-corrected chi connectivity index (χ2v) is 3.43. The van der Waals surface area contributed by atoms with Crippen LogP contribution in [0.25, 0.3) is 5.69 Å². The molecule has 2 aromatic heterocycles. The molecule has 0 aliphatic heterocycles. The lowest BCUT2D eigenvalue weighted by Crippen LogP contribution is -2.07. The van der Waals surface area contributed by atoms with Crippen molar-refractivity contribution in [3.63, 3.8) is 0 Å². The molecule has 0 aliphatic rings. The van der Waals surface area contributed by atoms with Crippen molar-refractivity contribution < 1.29 is 9.53 Å². The molecule has 88 valence electrons. The minimum atomic E-state index is -0.543. The van der Waals surface area contributed by atoms with Crippen molar-refractivity contribution >= 4 is 11.8 Å². The smallest absolute Gasteiger partial charge is 0.360 e. The summed E-state index contributed by atoms with van der Waals surface area (Å²) < 4.78 is 6.29. The summed E-state index contributed by atoms with van der Waals surface area (Å²) in [4.78, 5) is 19.5. The van der Waals surface area contributed by atoms with Crippen LogP contribution in [0.3, 0.4) is 0 Å². The van der Waals surface area contributed by atoms with Crippen LogP contribution in [0.2, 0.25) is 0 Å². The number of nitrogens with zero attached hydrogens (tertiary/aromatic N) is 3. The molecule has 0 aromatic carbocycles. The van der Waals surface area contributed by atoms with Gasteiger partial charge >= 0.3 is 5.97 Å². The Morgan fingerprint density at radius 2 is 2.06 bits per heavy atom. The molecule has 2 heterocycles. The van der Waals surface area contributed by atoms with E-state index in [1.54, 1.807) is 36.0 Å². The summed E-state index contributed by atoms with van der Waals surface area (Å²) in [7, 11) is 1.29. The minimum absolute atomic E-state index is 0.127. The third-order valence-electron chi connectivity index (χ3n) is 2.38. The van der Waals surface area contributed by atoms with E-state index in [1.807, 2.05) is 0 Å². The fourth-order valence-electron chi connectivity index (χ4n) is 1.62. The van der Waals surface area contributed by atoms with Crippen LogP contribution in [0.5, 0.6) is 0 Å².